The number of hydrogen-bond donors (Lipinski definition) is 3. The zero-order valence-electron chi connectivity index (χ0n) is 19.2. The van der Waals surface area contributed by atoms with Crippen LogP contribution in [0.1, 0.15) is 18.4 Å². The van der Waals surface area contributed by atoms with Crippen molar-refractivity contribution in [3.05, 3.63) is 33.9 Å². The van der Waals surface area contributed by atoms with Crippen LogP contribution < -0.4 is 25.8 Å². The van der Waals surface area contributed by atoms with Gasteiger partial charge >= 0.3 is 23.4 Å². The van der Waals surface area contributed by atoms with Crippen molar-refractivity contribution >= 4 is 35.1 Å². The van der Waals surface area contributed by atoms with Crippen LogP contribution in [0.15, 0.2) is 28.3 Å². The molecule has 14 nitrogen and oxygen atoms in total. The minimum absolute atomic E-state index is 0.0418. The van der Waals surface area contributed by atoms with Crippen molar-refractivity contribution < 1.29 is 24.3 Å². The van der Waals surface area contributed by atoms with Gasteiger partial charge in [0.25, 0.3) is 0 Å². The van der Waals surface area contributed by atoms with E-state index in [-0.39, 0.29) is 36.3 Å². The van der Waals surface area contributed by atoms with Gasteiger partial charge in [0.15, 0.2) is 17.2 Å². The smallest absolute Gasteiger partial charge is 0.392 e. The van der Waals surface area contributed by atoms with E-state index in [2.05, 4.69) is 21.0 Å². The van der Waals surface area contributed by atoms with Gasteiger partial charge in [0.05, 0.1) is 16.2 Å². The van der Waals surface area contributed by atoms with E-state index in [9.17, 15) is 25.3 Å². The molecule has 35 heavy (non-hydrogen) atoms. The number of hydrogen-bond acceptors (Lipinski definition) is 11. The van der Waals surface area contributed by atoms with Crippen LogP contribution in [0.5, 0.6) is 17.5 Å². The Morgan fingerprint density at radius 1 is 1.37 bits per heavy atom. The monoisotopic (exact) mass is 504 g/mol. The summed E-state index contributed by atoms with van der Waals surface area (Å²) in [6.07, 6.45) is 0.366. The average Bonchev–Trinajstić information content (AvgIpc) is 2.79. The molecule has 0 bridgehead atoms. The fourth-order valence-corrected chi connectivity index (χ4v) is 3.15. The molecule has 15 heteroatoms. The molecule has 0 aliphatic heterocycles. The van der Waals surface area contributed by atoms with Crippen molar-refractivity contribution in [2.24, 2.45) is 16.5 Å². The van der Waals surface area contributed by atoms with Crippen molar-refractivity contribution in [1.29, 1.82) is 5.26 Å². The highest BCUT2D eigenvalue weighted by Crippen LogP contribution is 2.39. The summed E-state index contributed by atoms with van der Waals surface area (Å²) in [5, 5.41) is 30.8. The number of rotatable bonds is 12. The summed E-state index contributed by atoms with van der Waals surface area (Å²) in [4.78, 5) is 36.3. The van der Waals surface area contributed by atoms with Crippen LogP contribution in [0, 0.1) is 21.4 Å². The number of guanidine groups is 1. The predicted octanol–water partition coefficient (Wildman–Crippen LogP) is 1.72. The second kappa shape index (κ2) is 12.2. The molecular formula is C20H24N8O6S. The molecule has 2 rings (SSSR count). The van der Waals surface area contributed by atoms with Crippen LogP contribution in [0.2, 0.25) is 0 Å². The quantitative estimate of drug-likeness (QED) is 0.0714. The Balaban J connectivity index is 2.46. The summed E-state index contributed by atoms with van der Waals surface area (Å²) in [6, 6.07) is 6.53. The van der Waals surface area contributed by atoms with E-state index >= 15 is 0 Å². The molecule has 0 spiro atoms. The Bertz CT molecular complexity index is 1160. The second-order valence-corrected chi connectivity index (χ2v) is 7.88. The molecule has 186 valence electrons. The molecule has 1 aromatic carbocycles. The Labute approximate surface area is 204 Å². The number of carboxylic acid groups (broad SMARTS) is 1. The van der Waals surface area contributed by atoms with Gasteiger partial charge in [-0.15, -0.1) is 0 Å². The Morgan fingerprint density at radius 2 is 2.06 bits per heavy atom. The van der Waals surface area contributed by atoms with Gasteiger partial charge in [-0.05, 0) is 31.2 Å². The summed E-state index contributed by atoms with van der Waals surface area (Å²) >= 11 is 1.05. The third-order valence-electron chi connectivity index (χ3n) is 4.40. The van der Waals surface area contributed by atoms with Crippen LogP contribution in [0.25, 0.3) is 0 Å². The fourth-order valence-electron chi connectivity index (χ4n) is 2.80. The van der Waals surface area contributed by atoms with Crippen molar-refractivity contribution in [1.82, 2.24) is 9.97 Å². The zero-order chi connectivity index (χ0) is 26.1. The maximum atomic E-state index is 11.9. The van der Waals surface area contributed by atoms with Crippen LogP contribution in [-0.2, 0) is 4.79 Å². The Morgan fingerprint density at radius 3 is 2.60 bits per heavy atom. The predicted molar refractivity (Wildman–Crippen MR) is 128 cm³/mol. The van der Waals surface area contributed by atoms with E-state index in [4.69, 9.17) is 20.9 Å². The highest BCUT2D eigenvalue weighted by Gasteiger charge is 2.32. The number of nitrogens with zero attached hydrogens (tertiary/aromatic N) is 6. The molecular weight excluding hydrogens is 480 g/mol. The van der Waals surface area contributed by atoms with E-state index in [1.54, 1.807) is 25.3 Å². The van der Waals surface area contributed by atoms with E-state index in [0.717, 1.165) is 11.8 Å². The SMILES string of the molecule is CSc1nc(Oc2ccc(C#N)c(N(C)C)c2)c([N+](=O)[O-])c(OC(CCCN=C(N)N)C(=O)O)n1. The number of nitro groups is 1. The first-order valence-corrected chi connectivity index (χ1v) is 11.2. The zero-order valence-corrected chi connectivity index (χ0v) is 20.0. The van der Waals surface area contributed by atoms with Crippen molar-refractivity contribution in [2.45, 2.75) is 24.1 Å². The first-order valence-electron chi connectivity index (χ1n) is 10.0. The molecule has 0 aliphatic carbocycles. The fraction of sp³-hybridized carbons (Fsp3) is 0.350. The van der Waals surface area contributed by atoms with Crippen LogP contribution in [-0.4, -0.2) is 64.9 Å². The van der Waals surface area contributed by atoms with Crippen molar-refractivity contribution in [3.63, 3.8) is 0 Å². The lowest BCUT2D eigenvalue weighted by Gasteiger charge is -2.17. The molecule has 1 atom stereocenters. The van der Waals surface area contributed by atoms with E-state index < -0.39 is 34.4 Å². The molecule has 0 aliphatic rings. The lowest BCUT2D eigenvalue weighted by molar-refractivity contribution is -0.387. The minimum atomic E-state index is -1.46. The van der Waals surface area contributed by atoms with Crippen molar-refractivity contribution in [2.75, 3.05) is 31.8 Å². The topological polar surface area (TPSA) is 216 Å². The summed E-state index contributed by atoms with van der Waals surface area (Å²) in [7, 11) is 3.45. The number of benzene rings is 1. The maximum Gasteiger partial charge on any atom is 0.392 e. The highest BCUT2D eigenvalue weighted by molar-refractivity contribution is 7.98. The van der Waals surface area contributed by atoms with E-state index in [1.165, 1.54) is 18.2 Å². The van der Waals surface area contributed by atoms with Crippen LogP contribution in [0.4, 0.5) is 11.4 Å². The van der Waals surface area contributed by atoms with Gasteiger partial charge in [0, 0.05) is 26.7 Å². The normalized spacial score (nSPS) is 11.1. The Hall–Kier alpha value is -4.32. The standard InChI is InChI=1S/C20H24N8O6S/c1-27(2)13-9-12(7-6-11(13)10-21)33-16-15(28(31)32)17(26-20(25-16)35-3)34-14(18(29)30)5-4-8-24-19(22)23/h6-7,9,14H,4-5,8H2,1-3H3,(H,29,30)(H4,22,23,24). The van der Waals surface area contributed by atoms with Gasteiger partial charge in [-0.3, -0.25) is 15.1 Å². The average molecular weight is 505 g/mol. The minimum Gasteiger partial charge on any atom is -0.479 e. The molecule has 1 unspecified atom stereocenters. The first kappa shape index (κ1) is 26.9. The molecule has 1 aromatic heterocycles. The van der Waals surface area contributed by atoms with Gasteiger partial charge < -0.3 is 30.9 Å². The lowest BCUT2D eigenvalue weighted by Crippen LogP contribution is -2.28. The number of carboxylic acids is 1. The third kappa shape index (κ3) is 7.33. The molecule has 1 heterocycles. The van der Waals surface area contributed by atoms with Gasteiger partial charge in [-0.25, -0.2) is 4.79 Å². The molecule has 2 aromatic rings. The van der Waals surface area contributed by atoms with Gasteiger partial charge in [0.1, 0.15) is 11.8 Å². The number of thioether (sulfide) groups is 1. The molecule has 0 amide bonds. The van der Waals surface area contributed by atoms with Crippen LogP contribution in [0.3, 0.4) is 0 Å². The van der Waals surface area contributed by atoms with E-state index in [0.29, 0.717) is 11.3 Å². The maximum absolute atomic E-state index is 11.9. The number of aromatic nitrogens is 2. The van der Waals surface area contributed by atoms with E-state index in [1.807, 2.05) is 0 Å². The lowest BCUT2D eigenvalue weighted by atomic mass is 10.2. The van der Waals surface area contributed by atoms with Crippen molar-refractivity contribution in [3.8, 4) is 23.6 Å². The number of nitriles is 1. The second-order valence-electron chi connectivity index (χ2n) is 7.11. The Kier molecular flexibility index (Phi) is 9.41. The largest absolute Gasteiger partial charge is 0.479 e. The number of ether oxygens (including phenoxy) is 2. The highest BCUT2D eigenvalue weighted by atomic mass is 32.2. The summed E-state index contributed by atoms with van der Waals surface area (Å²) in [6.45, 7) is 0.151. The van der Waals surface area contributed by atoms with Gasteiger partial charge in [-0.1, -0.05) is 11.8 Å². The first-order chi connectivity index (χ1) is 16.6. The van der Waals surface area contributed by atoms with Gasteiger partial charge in [-0.2, -0.15) is 15.2 Å². The molecule has 0 radical (unpaired) electrons. The third-order valence-corrected chi connectivity index (χ3v) is 4.95. The number of carbonyl (C=O) groups is 1. The molecule has 0 saturated heterocycles. The molecule has 5 N–H and O–H groups in total. The number of nitrogens with two attached hydrogens (primary N) is 2. The molecule has 0 fully saturated rings. The molecule has 0 saturated carbocycles. The summed E-state index contributed by atoms with van der Waals surface area (Å²) in [5.74, 6) is -2.32. The van der Waals surface area contributed by atoms with Crippen LogP contribution >= 0.6 is 11.8 Å². The van der Waals surface area contributed by atoms with Gasteiger partial charge in [0.2, 0.25) is 0 Å². The number of aliphatic imine (C=N–C) groups is 1. The number of aliphatic carboxylic acids is 1. The summed E-state index contributed by atoms with van der Waals surface area (Å²) < 4.78 is 11.1. The summed E-state index contributed by atoms with van der Waals surface area (Å²) in [5.41, 5.74) is 10.7. The number of anilines is 1.